The predicted molar refractivity (Wildman–Crippen MR) is 58.2 cm³/mol. The Bertz CT molecular complexity index is 353. The molecule has 0 aliphatic carbocycles. The molecule has 0 saturated carbocycles. The van der Waals surface area contributed by atoms with Gasteiger partial charge in [-0.1, -0.05) is 15.9 Å². The van der Waals surface area contributed by atoms with Crippen LogP contribution in [0, 0.1) is 13.8 Å². The zero-order chi connectivity index (χ0) is 10.9. The van der Waals surface area contributed by atoms with Gasteiger partial charge in [-0.3, -0.25) is 4.79 Å². The number of nitrogens with two attached hydrogens (primary N) is 1. The number of carboxylic acid groups (broad SMARTS) is 1. The number of aliphatic carboxylic acids is 1. The Labute approximate surface area is 91.1 Å². The fourth-order valence-corrected chi connectivity index (χ4v) is 2.22. The van der Waals surface area contributed by atoms with Gasteiger partial charge in [-0.2, -0.15) is 0 Å². The van der Waals surface area contributed by atoms with Gasteiger partial charge in [0.05, 0.1) is 0 Å². The lowest BCUT2D eigenvalue weighted by atomic mass is 9.97. The van der Waals surface area contributed by atoms with Crippen molar-refractivity contribution in [3.8, 4) is 0 Å². The van der Waals surface area contributed by atoms with Crippen LogP contribution in [0.4, 0.5) is 0 Å². The highest BCUT2D eigenvalue weighted by atomic mass is 79.9. The first-order chi connectivity index (χ1) is 6.43. The van der Waals surface area contributed by atoms with Gasteiger partial charge in [0.25, 0.3) is 0 Å². The molecule has 1 rings (SSSR count). The van der Waals surface area contributed by atoms with Crippen LogP contribution in [0.5, 0.6) is 0 Å². The number of aryl methyl sites for hydroxylation is 2. The van der Waals surface area contributed by atoms with Gasteiger partial charge in [-0.05, 0) is 42.7 Å². The molecule has 1 aromatic carbocycles. The van der Waals surface area contributed by atoms with E-state index in [0.717, 1.165) is 15.6 Å². The maximum Gasteiger partial charge on any atom is 0.325 e. The van der Waals surface area contributed by atoms with E-state index in [-0.39, 0.29) is 0 Å². The first kappa shape index (κ1) is 11.2. The van der Waals surface area contributed by atoms with E-state index < -0.39 is 12.0 Å². The van der Waals surface area contributed by atoms with Crippen LogP contribution in [0.3, 0.4) is 0 Å². The fourth-order valence-electron chi connectivity index (χ4n) is 1.54. The number of carboxylic acids is 1. The Morgan fingerprint density at radius 1 is 1.43 bits per heavy atom. The Balaban J connectivity index is 3.27. The van der Waals surface area contributed by atoms with E-state index in [1.165, 1.54) is 0 Å². The molecule has 0 amide bonds. The Morgan fingerprint density at radius 3 is 2.21 bits per heavy atom. The highest BCUT2D eigenvalue weighted by molar-refractivity contribution is 9.10. The van der Waals surface area contributed by atoms with Crippen molar-refractivity contribution >= 4 is 21.9 Å². The minimum atomic E-state index is -1.00. The smallest absolute Gasteiger partial charge is 0.325 e. The monoisotopic (exact) mass is 257 g/mol. The van der Waals surface area contributed by atoms with Crippen LogP contribution >= 0.6 is 15.9 Å². The maximum absolute atomic E-state index is 10.8. The number of hydrogen-bond acceptors (Lipinski definition) is 2. The van der Waals surface area contributed by atoms with Crippen molar-refractivity contribution in [1.82, 2.24) is 0 Å². The molecule has 3 N–H and O–H groups in total. The number of benzene rings is 1. The summed E-state index contributed by atoms with van der Waals surface area (Å²) < 4.78 is 0.939. The van der Waals surface area contributed by atoms with E-state index in [4.69, 9.17) is 10.8 Å². The second-order valence-electron chi connectivity index (χ2n) is 3.27. The number of halogens is 1. The summed E-state index contributed by atoms with van der Waals surface area (Å²) in [5.41, 5.74) is 8.06. The van der Waals surface area contributed by atoms with E-state index in [1.807, 2.05) is 26.0 Å². The van der Waals surface area contributed by atoms with Crippen molar-refractivity contribution in [2.24, 2.45) is 5.73 Å². The molecule has 1 aromatic rings. The summed E-state index contributed by atoms with van der Waals surface area (Å²) in [5, 5.41) is 8.82. The first-order valence-corrected chi connectivity index (χ1v) is 4.98. The molecule has 0 aliphatic heterocycles. The van der Waals surface area contributed by atoms with Crippen molar-refractivity contribution in [2.75, 3.05) is 0 Å². The molecule has 1 unspecified atom stereocenters. The molecule has 3 nitrogen and oxygen atoms in total. The molecule has 0 aromatic heterocycles. The normalized spacial score (nSPS) is 12.6. The average Bonchev–Trinajstić information content (AvgIpc) is 2.01. The minimum Gasteiger partial charge on any atom is -0.480 e. The third-order valence-corrected chi connectivity index (χ3v) is 2.59. The lowest BCUT2D eigenvalue weighted by Gasteiger charge is -2.14. The lowest BCUT2D eigenvalue weighted by Crippen LogP contribution is -2.22. The second kappa shape index (κ2) is 4.11. The molecular weight excluding hydrogens is 246 g/mol. The van der Waals surface area contributed by atoms with Crippen molar-refractivity contribution in [1.29, 1.82) is 0 Å². The standard InChI is InChI=1S/C10H12BrNO2/c1-5-3-7(11)4-6(2)8(5)9(12)10(13)14/h3-4,9H,12H2,1-2H3,(H,13,14). The van der Waals surface area contributed by atoms with E-state index >= 15 is 0 Å². The maximum atomic E-state index is 10.8. The van der Waals surface area contributed by atoms with Gasteiger partial charge in [0.1, 0.15) is 6.04 Å². The van der Waals surface area contributed by atoms with Crippen LogP contribution < -0.4 is 5.73 Å². The number of carbonyl (C=O) groups is 1. The number of rotatable bonds is 2. The molecule has 0 aliphatic rings. The lowest BCUT2D eigenvalue weighted by molar-refractivity contribution is -0.138. The first-order valence-electron chi connectivity index (χ1n) is 4.18. The highest BCUT2D eigenvalue weighted by Crippen LogP contribution is 2.24. The molecule has 0 heterocycles. The van der Waals surface area contributed by atoms with Crippen LogP contribution in [0.15, 0.2) is 16.6 Å². The fraction of sp³-hybridized carbons (Fsp3) is 0.300. The molecule has 4 heteroatoms. The zero-order valence-electron chi connectivity index (χ0n) is 8.04. The van der Waals surface area contributed by atoms with Crippen molar-refractivity contribution in [3.05, 3.63) is 33.3 Å². The van der Waals surface area contributed by atoms with Crippen molar-refractivity contribution < 1.29 is 9.90 Å². The van der Waals surface area contributed by atoms with Gasteiger partial charge >= 0.3 is 5.97 Å². The van der Waals surface area contributed by atoms with Gasteiger partial charge in [-0.25, -0.2) is 0 Å². The van der Waals surface area contributed by atoms with E-state index in [2.05, 4.69) is 15.9 Å². The van der Waals surface area contributed by atoms with Gasteiger partial charge in [0.15, 0.2) is 0 Å². The van der Waals surface area contributed by atoms with Crippen LogP contribution in [0.25, 0.3) is 0 Å². The molecule has 0 fully saturated rings. The van der Waals surface area contributed by atoms with Crippen LogP contribution in [-0.4, -0.2) is 11.1 Å². The van der Waals surface area contributed by atoms with E-state index in [0.29, 0.717) is 5.56 Å². The second-order valence-corrected chi connectivity index (χ2v) is 4.18. The Morgan fingerprint density at radius 2 is 1.86 bits per heavy atom. The molecule has 1 atom stereocenters. The topological polar surface area (TPSA) is 63.3 Å². The van der Waals surface area contributed by atoms with Crippen molar-refractivity contribution in [3.63, 3.8) is 0 Å². The molecule has 0 saturated heterocycles. The van der Waals surface area contributed by atoms with Gasteiger partial charge in [0, 0.05) is 4.47 Å². The molecule has 14 heavy (non-hydrogen) atoms. The zero-order valence-corrected chi connectivity index (χ0v) is 9.63. The van der Waals surface area contributed by atoms with E-state index in [9.17, 15) is 4.79 Å². The Hall–Kier alpha value is -0.870. The Kier molecular flexibility index (Phi) is 3.29. The minimum absolute atomic E-state index is 0.695. The molecule has 0 radical (unpaired) electrons. The van der Waals surface area contributed by atoms with E-state index in [1.54, 1.807) is 0 Å². The summed E-state index contributed by atoms with van der Waals surface area (Å²) in [6, 6.07) is 2.79. The van der Waals surface area contributed by atoms with Gasteiger partial charge in [0.2, 0.25) is 0 Å². The van der Waals surface area contributed by atoms with Gasteiger partial charge < -0.3 is 10.8 Å². The largest absolute Gasteiger partial charge is 0.480 e. The average molecular weight is 258 g/mol. The van der Waals surface area contributed by atoms with Gasteiger partial charge in [-0.15, -0.1) is 0 Å². The van der Waals surface area contributed by atoms with Crippen molar-refractivity contribution in [2.45, 2.75) is 19.9 Å². The van der Waals surface area contributed by atoms with Crippen LogP contribution in [0.1, 0.15) is 22.7 Å². The van der Waals surface area contributed by atoms with Crippen LogP contribution in [-0.2, 0) is 4.79 Å². The third kappa shape index (κ3) is 2.13. The quantitative estimate of drug-likeness (QED) is 0.854. The SMILES string of the molecule is Cc1cc(Br)cc(C)c1C(N)C(=O)O. The summed E-state index contributed by atoms with van der Waals surface area (Å²) in [7, 11) is 0. The summed E-state index contributed by atoms with van der Waals surface area (Å²) in [4.78, 5) is 10.8. The molecule has 0 spiro atoms. The summed E-state index contributed by atoms with van der Waals surface area (Å²) in [6.07, 6.45) is 0. The molecular formula is C10H12BrNO2. The summed E-state index contributed by atoms with van der Waals surface area (Å²) in [5.74, 6) is -1.00. The summed E-state index contributed by atoms with van der Waals surface area (Å²) in [6.45, 7) is 3.71. The predicted octanol–water partition coefficient (Wildman–Crippen LogP) is 2.15. The number of hydrogen-bond donors (Lipinski definition) is 2. The molecule has 76 valence electrons. The van der Waals surface area contributed by atoms with Crippen LogP contribution in [0.2, 0.25) is 0 Å². The summed E-state index contributed by atoms with van der Waals surface area (Å²) >= 11 is 3.35. The highest BCUT2D eigenvalue weighted by Gasteiger charge is 2.18. The molecule has 0 bridgehead atoms. The third-order valence-electron chi connectivity index (χ3n) is 2.14.